The van der Waals surface area contributed by atoms with Crippen molar-refractivity contribution in [2.45, 2.75) is 27.3 Å². The van der Waals surface area contributed by atoms with Crippen LogP contribution in [-0.2, 0) is 13.6 Å². The van der Waals surface area contributed by atoms with Gasteiger partial charge in [-0.2, -0.15) is 0 Å². The van der Waals surface area contributed by atoms with Crippen LogP contribution in [0.4, 0.5) is 0 Å². The first-order valence-corrected chi connectivity index (χ1v) is 8.48. The number of H-pyrrole nitrogens is 1. The lowest BCUT2D eigenvalue weighted by molar-refractivity contribution is 0.342. The highest BCUT2D eigenvalue weighted by Crippen LogP contribution is 2.25. The second kappa shape index (κ2) is 5.34. The molecule has 0 unspecified atom stereocenters. The van der Waals surface area contributed by atoms with Crippen LogP contribution < -0.4 is 5.69 Å². The third kappa shape index (κ3) is 2.65. The molecule has 5 heteroatoms. The predicted octanol–water partition coefficient (Wildman–Crippen LogP) is 3.93. The Hall–Kier alpha value is -2.82. The third-order valence-electron chi connectivity index (χ3n) is 4.44. The van der Waals surface area contributed by atoms with Crippen LogP contribution in [0.25, 0.3) is 33.5 Å². The molecular weight excluding hydrogens is 312 g/mol. The van der Waals surface area contributed by atoms with E-state index >= 15 is 0 Å². The standard InChI is InChI=1S/C20H22N4O/c1-20(2,3)12-24-16-10-9-13(11-17(16)23(4)19(24)25)18-21-14-7-5-6-8-15(14)22-18/h5-11H,12H2,1-4H3,(H,21,22). The largest absolute Gasteiger partial charge is 0.338 e. The zero-order valence-corrected chi connectivity index (χ0v) is 15.0. The molecule has 128 valence electrons. The first kappa shape index (κ1) is 15.7. The maximum atomic E-state index is 12.7. The number of aryl methyl sites for hydroxylation is 1. The Balaban J connectivity index is 1.88. The highest BCUT2D eigenvalue weighted by Gasteiger charge is 2.18. The normalized spacial score (nSPS) is 12.3. The van der Waals surface area contributed by atoms with Gasteiger partial charge in [-0.15, -0.1) is 0 Å². The smallest absolute Gasteiger partial charge is 0.328 e. The fourth-order valence-electron chi connectivity index (χ4n) is 3.27. The first-order valence-electron chi connectivity index (χ1n) is 8.48. The molecule has 0 fully saturated rings. The fraction of sp³-hybridized carbons (Fsp3) is 0.300. The zero-order valence-electron chi connectivity index (χ0n) is 15.0. The van der Waals surface area contributed by atoms with Gasteiger partial charge in [-0.25, -0.2) is 9.78 Å². The maximum Gasteiger partial charge on any atom is 0.328 e. The number of rotatable bonds is 2. The number of hydrogen-bond donors (Lipinski definition) is 1. The lowest BCUT2D eigenvalue weighted by Crippen LogP contribution is -2.27. The van der Waals surface area contributed by atoms with E-state index < -0.39 is 0 Å². The molecule has 5 nitrogen and oxygen atoms in total. The lowest BCUT2D eigenvalue weighted by atomic mass is 9.97. The van der Waals surface area contributed by atoms with Crippen molar-refractivity contribution in [3.63, 3.8) is 0 Å². The Kier molecular flexibility index (Phi) is 3.35. The SMILES string of the molecule is Cn1c(=O)n(CC(C)(C)C)c2ccc(-c3nc4ccccc4[nH]3)cc21. The van der Waals surface area contributed by atoms with Crippen LogP contribution in [0.15, 0.2) is 47.3 Å². The van der Waals surface area contributed by atoms with E-state index in [-0.39, 0.29) is 11.1 Å². The van der Waals surface area contributed by atoms with E-state index in [4.69, 9.17) is 0 Å². The van der Waals surface area contributed by atoms with Crippen LogP contribution in [-0.4, -0.2) is 19.1 Å². The van der Waals surface area contributed by atoms with Crippen molar-refractivity contribution in [1.82, 2.24) is 19.1 Å². The molecule has 0 aliphatic heterocycles. The summed E-state index contributed by atoms with van der Waals surface area (Å²) in [6.45, 7) is 7.11. The minimum atomic E-state index is 0.0201. The van der Waals surface area contributed by atoms with Gasteiger partial charge in [0.2, 0.25) is 0 Å². The number of aromatic amines is 1. The highest BCUT2D eigenvalue weighted by atomic mass is 16.1. The Labute approximate surface area is 145 Å². The van der Waals surface area contributed by atoms with Crippen LogP contribution >= 0.6 is 0 Å². The van der Waals surface area contributed by atoms with Crippen molar-refractivity contribution in [2.24, 2.45) is 12.5 Å². The van der Waals surface area contributed by atoms with Gasteiger partial charge in [0, 0.05) is 19.2 Å². The topological polar surface area (TPSA) is 55.6 Å². The Morgan fingerprint density at radius 2 is 1.84 bits per heavy atom. The quantitative estimate of drug-likeness (QED) is 0.604. The van der Waals surface area contributed by atoms with Gasteiger partial charge in [-0.1, -0.05) is 32.9 Å². The van der Waals surface area contributed by atoms with E-state index in [0.717, 1.165) is 33.5 Å². The number of imidazole rings is 2. The first-order chi connectivity index (χ1) is 11.8. The molecule has 1 N–H and O–H groups in total. The molecule has 0 saturated carbocycles. The monoisotopic (exact) mass is 334 g/mol. The van der Waals surface area contributed by atoms with Gasteiger partial charge in [-0.05, 0) is 35.7 Å². The second-order valence-corrected chi connectivity index (χ2v) is 7.79. The van der Waals surface area contributed by atoms with Crippen molar-refractivity contribution in [3.05, 3.63) is 52.9 Å². The summed E-state index contributed by atoms with van der Waals surface area (Å²) in [6, 6.07) is 14.1. The second-order valence-electron chi connectivity index (χ2n) is 7.79. The number of hydrogen-bond acceptors (Lipinski definition) is 2. The van der Waals surface area contributed by atoms with Crippen molar-refractivity contribution in [1.29, 1.82) is 0 Å². The molecule has 2 aromatic carbocycles. The molecule has 2 aromatic heterocycles. The average Bonchev–Trinajstić information content (AvgIpc) is 3.09. The molecule has 4 rings (SSSR count). The molecule has 25 heavy (non-hydrogen) atoms. The summed E-state index contributed by atoms with van der Waals surface area (Å²) in [7, 11) is 1.83. The number of fused-ring (bicyclic) bond motifs is 2. The summed E-state index contributed by atoms with van der Waals surface area (Å²) in [4.78, 5) is 20.7. The predicted molar refractivity (Wildman–Crippen MR) is 102 cm³/mol. The fourth-order valence-corrected chi connectivity index (χ4v) is 3.27. The van der Waals surface area contributed by atoms with Crippen molar-refractivity contribution in [2.75, 3.05) is 0 Å². The van der Waals surface area contributed by atoms with Gasteiger partial charge in [0.05, 0.1) is 22.1 Å². The number of nitrogens with one attached hydrogen (secondary N) is 1. The van der Waals surface area contributed by atoms with E-state index in [1.165, 1.54) is 0 Å². The van der Waals surface area contributed by atoms with Crippen LogP contribution in [0.3, 0.4) is 0 Å². The van der Waals surface area contributed by atoms with Gasteiger partial charge in [0.15, 0.2) is 0 Å². The van der Waals surface area contributed by atoms with Gasteiger partial charge in [0.1, 0.15) is 5.82 Å². The van der Waals surface area contributed by atoms with E-state index in [1.807, 2.05) is 54.1 Å². The minimum absolute atomic E-state index is 0.0201. The van der Waals surface area contributed by atoms with Gasteiger partial charge < -0.3 is 4.98 Å². The molecular formula is C20H22N4O. The van der Waals surface area contributed by atoms with Crippen LogP contribution in [0, 0.1) is 5.41 Å². The van der Waals surface area contributed by atoms with E-state index in [0.29, 0.717) is 6.54 Å². The summed E-state index contributed by atoms with van der Waals surface area (Å²) in [6.07, 6.45) is 0. The molecule has 0 radical (unpaired) electrons. The molecule has 0 aliphatic carbocycles. The van der Waals surface area contributed by atoms with Crippen LogP contribution in [0.5, 0.6) is 0 Å². The minimum Gasteiger partial charge on any atom is -0.338 e. The maximum absolute atomic E-state index is 12.7. The molecule has 0 spiro atoms. The van der Waals surface area contributed by atoms with Crippen LogP contribution in [0.2, 0.25) is 0 Å². The summed E-state index contributed by atoms with van der Waals surface area (Å²) in [5.74, 6) is 0.819. The van der Waals surface area contributed by atoms with Crippen LogP contribution in [0.1, 0.15) is 20.8 Å². The summed E-state index contributed by atoms with van der Waals surface area (Å²) < 4.78 is 3.57. The number of benzene rings is 2. The molecule has 2 heterocycles. The molecule has 0 saturated heterocycles. The van der Waals surface area contributed by atoms with E-state index in [9.17, 15) is 4.79 Å². The van der Waals surface area contributed by atoms with E-state index in [2.05, 4.69) is 30.7 Å². The van der Waals surface area contributed by atoms with Crippen molar-refractivity contribution < 1.29 is 0 Å². The van der Waals surface area contributed by atoms with Gasteiger partial charge in [0.25, 0.3) is 0 Å². The van der Waals surface area contributed by atoms with Crippen molar-refractivity contribution in [3.8, 4) is 11.4 Å². The average molecular weight is 334 g/mol. The molecule has 0 amide bonds. The number of aromatic nitrogens is 4. The summed E-state index contributed by atoms with van der Waals surface area (Å²) >= 11 is 0. The molecule has 4 aromatic rings. The number of para-hydroxylation sites is 2. The molecule has 0 aliphatic rings. The molecule has 0 atom stereocenters. The Morgan fingerprint density at radius 3 is 2.56 bits per heavy atom. The molecule has 0 bridgehead atoms. The Morgan fingerprint density at radius 1 is 1.08 bits per heavy atom. The third-order valence-corrected chi connectivity index (χ3v) is 4.44. The summed E-state index contributed by atoms with van der Waals surface area (Å²) in [5.41, 5.74) is 4.87. The zero-order chi connectivity index (χ0) is 17.8. The van der Waals surface area contributed by atoms with Gasteiger partial charge >= 0.3 is 5.69 Å². The lowest BCUT2D eigenvalue weighted by Gasteiger charge is -2.18. The van der Waals surface area contributed by atoms with E-state index in [1.54, 1.807) is 4.57 Å². The number of nitrogens with zero attached hydrogens (tertiary/aromatic N) is 3. The Bertz CT molecular complexity index is 1110. The van der Waals surface area contributed by atoms with Crippen molar-refractivity contribution >= 4 is 22.1 Å². The van der Waals surface area contributed by atoms with Gasteiger partial charge in [-0.3, -0.25) is 9.13 Å². The summed E-state index contributed by atoms with van der Waals surface area (Å²) in [5, 5.41) is 0. The highest BCUT2D eigenvalue weighted by molar-refractivity contribution is 5.84.